The molecule has 0 atom stereocenters. The van der Waals surface area contributed by atoms with E-state index in [0.717, 1.165) is 18.5 Å². The van der Waals surface area contributed by atoms with E-state index < -0.39 is 0 Å². The van der Waals surface area contributed by atoms with E-state index in [0.29, 0.717) is 0 Å². The van der Waals surface area contributed by atoms with Crippen LogP contribution in [0.3, 0.4) is 0 Å². The van der Waals surface area contributed by atoms with Gasteiger partial charge in [0, 0.05) is 24.3 Å². The fourth-order valence-electron chi connectivity index (χ4n) is 2.10. The van der Waals surface area contributed by atoms with E-state index in [1.165, 1.54) is 31.2 Å². The molecule has 2 N–H and O–H groups in total. The summed E-state index contributed by atoms with van der Waals surface area (Å²) >= 11 is 0. The smallest absolute Gasteiger partial charge is 0.0532 e. The highest BCUT2D eigenvalue weighted by Gasteiger charge is 2.17. The molecule has 0 aliphatic heterocycles. The Morgan fingerprint density at radius 1 is 1.43 bits per heavy atom. The van der Waals surface area contributed by atoms with Crippen LogP contribution in [0.1, 0.15) is 38.2 Å². The lowest BCUT2D eigenvalue weighted by Crippen LogP contribution is -2.32. The molecule has 0 radical (unpaired) electrons. The topological polar surface area (TPSA) is 40.7 Å². The van der Waals surface area contributed by atoms with E-state index in [-0.39, 0.29) is 0 Å². The van der Waals surface area contributed by atoms with Gasteiger partial charge in [-0.25, -0.2) is 0 Å². The third-order valence-electron chi connectivity index (χ3n) is 3.17. The lowest BCUT2D eigenvalue weighted by molar-refractivity contribution is 0.306. The highest BCUT2D eigenvalue weighted by Crippen LogP contribution is 2.23. The van der Waals surface area contributed by atoms with Crippen LogP contribution in [-0.2, 0) is 6.54 Å². The van der Waals surface area contributed by atoms with Crippen molar-refractivity contribution in [2.75, 3.05) is 0 Å². The Hall–Kier alpha value is -0.830. The Labute approximate surface area is 85.3 Å². The van der Waals surface area contributed by atoms with Gasteiger partial charge in [-0.05, 0) is 31.6 Å². The van der Waals surface area contributed by atoms with Gasteiger partial charge in [0.1, 0.15) is 0 Å². The van der Waals surface area contributed by atoms with Gasteiger partial charge in [-0.1, -0.05) is 6.92 Å². The van der Waals surface area contributed by atoms with E-state index in [9.17, 15) is 0 Å². The van der Waals surface area contributed by atoms with Crippen molar-refractivity contribution in [1.82, 2.24) is 15.5 Å². The number of rotatable bonds is 3. The molecular formula is C11H19N3. The van der Waals surface area contributed by atoms with Crippen molar-refractivity contribution in [2.45, 2.75) is 45.2 Å². The van der Waals surface area contributed by atoms with Gasteiger partial charge in [-0.3, -0.25) is 5.10 Å². The first-order valence-electron chi connectivity index (χ1n) is 5.55. The van der Waals surface area contributed by atoms with Gasteiger partial charge in [-0.2, -0.15) is 5.10 Å². The molecule has 3 nitrogen and oxygen atoms in total. The Morgan fingerprint density at radius 3 is 2.86 bits per heavy atom. The quantitative estimate of drug-likeness (QED) is 0.771. The zero-order valence-corrected chi connectivity index (χ0v) is 8.79. The average molecular weight is 193 g/mol. The summed E-state index contributed by atoms with van der Waals surface area (Å²) in [6.07, 6.45) is 9.26. The molecule has 3 heteroatoms. The maximum absolute atomic E-state index is 3.93. The number of nitrogens with one attached hydrogen (secondary N) is 2. The minimum Gasteiger partial charge on any atom is -0.310 e. The molecule has 1 aromatic heterocycles. The minimum absolute atomic E-state index is 0.723. The molecule has 14 heavy (non-hydrogen) atoms. The van der Waals surface area contributed by atoms with Gasteiger partial charge in [0.05, 0.1) is 6.20 Å². The molecule has 0 saturated heterocycles. The number of hydrogen-bond donors (Lipinski definition) is 2. The first-order valence-corrected chi connectivity index (χ1v) is 5.55. The molecule has 0 bridgehead atoms. The second-order valence-corrected chi connectivity index (χ2v) is 4.44. The highest BCUT2D eigenvalue weighted by atomic mass is 15.1. The number of H-pyrrole nitrogens is 1. The third kappa shape index (κ3) is 2.58. The van der Waals surface area contributed by atoms with E-state index in [2.05, 4.69) is 22.4 Å². The van der Waals surface area contributed by atoms with Crippen LogP contribution < -0.4 is 5.32 Å². The van der Waals surface area contributed by atoms with E-state index in [4.69, 9.17) is 0 Å². The van der Waals surface area contributed by atoms with Crippen molar-refractivity contribution in [1.29, 1.82) is 0 Å². The molecule has 1 aromatic rings. The second kappa shape index (κ2) is 4.60. The second-order valence-electron chi connectivity index (χ2n) is 4.44. The molecule has 2 rings (SSSR count). The summed E-state index contributed by atoms with van der Waals surface area (Å²) in [6.45, 7) is 3.31. The van der Waals surface area contributed by atoms with Crippen LogP contribution >= 0.6 is 0 Å². The minimum atomic E-state index is 0.723. The Balaban J connectivity index is 1.71. The van der Waals surface area contributed by atoms with Crippen LogP contribution in [0.4, 0.5) is 0 Å². The summed E-state index contributed by atoms with van der Waals surface area (Å²) in [6, 6.07) is 0.723. The lowest BCUT2D eigenvalue weighted by Gasteiger charge is -2.26. The normalized spacial score (nSPS) is 27.8. The molecule has 1 aliphatic rings. The monoisotopic (exact) mass is 193 g/mol. The van der Waals surface area contributed by atoms with Gasteiger partial charge < -0.3 is 5.32 Å². The maximum Gasteiger partial charge on any atom is 0.0532 e. The van der Waals surface area contributed by atoms with Crippen molar-refractivity contribution in [3.05, 3.63) is 18.0 Å². The van der Waals surface area contributed by atoms with Crippen LogP contribution in [0.25, 0.3) is 0 Å². The van der Waals surface area contributed by atoms with Crippen molar-refractivity contribution in [3.63, 3.8) is 0 Å². The Bertz CT molecular complexity index is 248. The zero-order chi connectivity index (χ0) is 9.80. The Kier molecular flexibility index (Phi) is 3.19. The largest absolute Gasteiger partial charge is 0.310 e. The molecule has 1 aliphatic carbocycles. The molecule has 1 heterocycles. The fraction of sp³-hybridized carbons (Fsp3) is 0.727. The Morgan fingerprint density at radius 2 is 2.21 bits per heavy atom. The summed E-state index contributed by atoms with van der Waals surface area (Å²) < 4.78 is 0. The van der Waals surface area contributed by atoms with Gasteiger partial charge in [0.2, 0.25) is 0 Å². The van der Waals surface area contributed by atoms with Crippen LogP contribution in [0.2, 0.25) is 0 Å². The number of hydrogen-bond acceptors (Lipinski definition) is 2. The first kappa shape index (κ1) is 9.71. The SMILES string of the molecule is CC1CCC(NCc2cn[nH]c2)CC1. The summed E-state index contributed by atoms with van der Waals surface area (Å²) in [5.74, 6) is 0.932. The zero-order valence-electron chi connectivity index (χ0n) is 8.79. The average Bonchev–Trinajstić information content (AvgIpc) is 2.70. The first-order chi connectivity index (χ1) is 6.84. The van der Waals surface area contributed by atoms with Gasteiger partial charge in [0.15, 0.2) is 0 Å². The number of aromatic nitrogens is 2. The maximum atomic E-state index is 3.93. The van der Waals surface area contributed by atoms with Crippen molar-refractivity contribution >= 4 is 0 Å². The lowest BCUT2D eigenvalue weighted by atomic mass is 9.87. The fourth-order valence-corrected chi connectivity index (χ4v) is 2.10. The summed E-state index contributed by atoms with van der Waals surface area (Å²) in [5.41, 5.74) is 1.25. The standard InChI is InChI=1S/C11H19N3/c1-9-2-4-11(5-3-9)12-6-10-7-13-14-8-10/h7-9,11-12H,2-6H2,1H3,(H,13,14). The summed E-state index contributed by atoms with van der Waals surface area (Å²) in [7, 11) is 0. The molecular weight excluding hydrogens is 174 g/mol. The number of nitrogens with zero attached hydrogens (tertiary/aromatic N) is 1. The molecule has 0 amide bonds. The van der Waals surface area contributed by atoms with Gasteiger partial charge in [-0.15, -0.1) is 0 Å². The van der Waals surface area contributed by atoms with Crippen LogP contribution in [-0.4, -0.2) is 16.2 Å². The molecule has 1 saturated carbocycles. The summed E-state index contributed by atoms with van der Waals surface area (Å²) in [4.78, 5) is 0. The van der Waals surface area contributed by atoms with Crippen LogP contribution in [0, 0.1) is 5.92 Å². The van der Waals surface area contributed by atoms with E-state index in [1.54, 1.807) is 0 Å². The van der Waals surface area contributed by atoms with Gasteiger partial charge >= 0.3 is 0 Å². The van der Waals surface area contributed by atoms with Crippen LogP contribution in [0.15, 0.2) is 12.4 Å². The van der Waals surface area contributed by atoms with Crippen molar-refractivity contribution in [2.24, 2.45) is 5.92 Å². The van der Waals surface area contributed by atoms with Gasteiger partial charge in [0.25, 0.3) is 0 Å². The van der Waals surface area contributed by atoms with Crippen molar-refractivity contribution in [3.8, 4) is 0 Å². The van der Waals surface area contributed by atoms with Crippen molar-refractivity contribution < 1.29 is 0 Å². The summed E-state index contributed by atoms with van der Waals surface area (Å²) in [5, 5.41) is 10.4. The highest BCUT2D eigenvalue weighted by molar-refractivity contribution is 5.01. The molecule has 1 fully saturated rings. The van der Waals surface area contributed by atoms with Crippen LogP contribution in [0.5, 0.6) is 0 Å². The molecule has 0 spiro atoms. The predicted molar refractivity (Wildman–Crippen MR) is 56.8 cm³/mol. The molecule has 0 aromatic carbocycles. The van der Waals surface area contributed by atoms with E-state index in [1.807, 2.05) is 12.4 Å². The molecule has 0 unspecified atom stereocenters. The number of aromatic amines is 1. The third-order valence-corrected chi connectivity index (χ3v) is 3.17. The predicted octanol–water partition coefficient (Wildman–Crippen LogP) is 2.08. The molecule has 78 valence electrons. The van der Waals surface area contributed by atoms with E-state index >= 15 is 0 Å².